The van der Waals surface area contributed by atoms with E-state index in [1.807, 2.05) is 13.8 Å². The van der Waals surface area contributed by atoms with Gasteiger partial charge in [0.15, 0.2) is 0 Å². The SMILES string of the molecule is CC1=Cc2nc3c(=O)[nH]c(=O)[nH]c3[n+](C[C@H](O)[C@H](O)[C@H](O)COP(=O)(O)O)c2C[C@H]1C. The van der Waals surface area contributed by atoms with Gasteiger partial charge in [-0.05, 0) is 18.9 Å². The van der Waals surface area contributed by atoms with Gasteiger partial charge >= 0.3 is 19.2 Å². The van der Waals surface area contributed by atoms with Crippen molar-refractivity contribution in [1.29, 1.82) is 0 Å². The van der Waals surface area contributed by atoms with Crippen molar-refractivity contribution in [2.24, 2.45) is 5.92 Å². The van der Waals surface area contributed by atoms with Crippen LogP contribution in [0.15, 0.2) is 15.2 Å². The van der Waals surface area contributed by atoms with Crippen LogP contribution in [0.2, 0.25) is 0 Å². The van der Waals surface area contributed by atoms with Crippen molar-refractivity contribution in [2.75, 3.05) is 6.61 Å². The lowest BCUT2D eigenvalue weighted by molar-refractivity contribution is -0.690. The standard InChI is InChI=1S/C17H23N4O9P/c1-7-3-9-10(4-8(7)2)21(15-13(18-9)16(25)20-17(26)19-15)5-11(22)14(24)12(23)6-30-31(27,28)29/h3,8,11-12,14,22-24H,4-6H2,1-2H3,(H3,20,25,26,27,28,29)/p+1/t8-,11+,12-,14+/m1/s1. The zero-order valence-corrected chi connectivity index (χ0v) is 17.6. The van der Waals surface area contributed by atoms with E-state index in [0.29, 0.717) is 17.8 Å². The maximum Gasteiger partial charge on any atom is 0.469 e. The molecule has 0 radical (unpaired) electrons. The lowest BCUT2D eigenvalue weighted by atomic mass is 9.90. The third-order valence-corrected chi connectivity index (χ3v) is 5.72. The first-order valence-corrected chi connectivity index (χ1v) is 10.9. The topological polar surface area (TPSA) is 210 Å². The Bertz CT molecular complexity index is 1180. The van der Waals surface area contributed by atoms with Gasteiger partial charge in [-0.15, -0.1) is 0 Å². The zero-order chi connectivity index (χ0) is 23.1. The molecule has 0 aliphatic heterocycles. The minimum absolute atomic E-state index is 0.0276. The van der Waals surface area contributed by atoms with Crippen molar-refractivity contribution in [2.45, 2.75) is 45.1 Å². The number of hydrogen-bond acceptors (Lipinski definition) is 8. The summed E-state index contributed by atoms with van der Waals surface area (Å²) < 4.78 is 16.4. The molecule has 7 N–H and O–H groups in total. The van der Waals surface area contributed by atoms with Crippen LogP contribution >= 0.6 is 7.82 Å². The number of aliphatic hydroxyl groups excluding tert-OH is 3. The number of phosphoric ester groups is 1. The number of fused-ring (bicyclic) bond motifs is 2. The van der Waals surface area contributed by atoms with E-state index in [9.17, 15) is 29.5 Å². The van der Waals surface area contributed by atoms with E-state index in [2.05, 4.69) is 19.5 Å². The number of aromatic nitrogens is 4. The largest absolute Gasteiger partial charge is 0.469 e. The molecule has 0 unspecified atom stereocenters. The molecule has 0 fully saturated rings. The first-order valence-electron chi connectivity index (χ1n) is 9.39. The molecule has 170 valence electrons. The summed E-state index contributed by atoms with van der Waals surface area (Å²) >= 11 is 0. The molecule has 0 bridgehead atoms. The molecule has 0 saturated heterocycles. The normalized spacial score (nSPS) is 19.6. The molecule has 2 aromatic rings. The number of nitrogens with zero attached hydrogens (tertiary/aromatic N) is 2. The Hall–Kier alpha value is -2.25. The van der Waals surface area contributed by atoms with E-state index in [-0.39, 0.29) is 23.6 Å². The molecule has 13 nitrogen and oxygen atoms in total. The highest BCUT2D eigenvalue weighted by Crippen LogP contribution is 2.35. The van der Waals surface area contributed by atoms with Crippen LogP contribution in [0.4, 0.5) is 0 Å². The molecular weight excluding hydrogens is 435 g/mol. The van der Waals surface area contributed by atoms with E-state index in [4.69, 9.17) is 9.79 Å². The van der Waals surface area contributed by atoms with Gasteiger partial charge in [0, 0.05) is 6.42 Å². The second kappa shape index (κ2) is 8.71. The summed E-state index contributed by atoms with van der Waals surface area (Å²) in [4.78, 5) is 50.5. The number of aliphatic hydroxyl groups is 3. The number of aromatic amines is 2. The van der Waals surface area contributed by atoms with Crippen LogP contribution in [0, 0.1) is 5.92 Å². The molecular formula is C17H24N4O9P+. The van der Waals surface area contributed by atoms with Crippen molar-refractivity contribution in [1.82, 2.24) is 15.0 Å². The van der Waals surface area contributed by atoms with Crippen LogP contribution in [-0.4, -0.2) is 65.0 Å². The van der Waals surface area contributed by atoms with Gasteiger partial charge in [-0.2, -0.15) is 4.98 Å². The van der Waals surface area contributed by atoms with Crippen molar-refractivity contribution in [3.63, 3.8) is 0 Å². The first kappa shape index (κ1) is 23.4. The molecule has 0 saturated carbocycles. The number of rotatable bonds is 7. The van der Waals surface area contributed by atoms with Crippen LogP contribution in [0.1, 0.15) is 25.2 Å². The second-order valence-corrected chi connectivity index (χ2v) is 8.80. The van der Waals surface area contributed by atoms with Crippen LogP contribution < -0.4 is 15.8 Å². The minimum atomic E-state index is -4.88. The molecule has 3 rings (SSSR count). The molecule has 4 atom stereocenters. The molecule has 2 heterocycles. The summed E-state index contributed by atoms with van der Waals surface area (Å²) in [5, 5.41) is 30.6. The minimum Gasteiger partial charge on any atom is -0.388 e. The van der Waals surface area contributed by atoms with Gasteiger partial charge in [0.1, 0.15) is 36.2 Å². The molecule has 0 amide bonds. The number of nitrogens with one attached hydrogen (secondary N) is 2. The molecule has 14 heteroatoms. The summed E-state index contributed by atoms with van der Waals surface area (Å²) in [5.74, 6) is 0.107. The maximum absolute atomic E-state index is 12.3. The van der Waals surface area contributed by atoms with Gasteiger partial charge in [-0.1, -0.05) is 12.5 Å². The summed E-state index contributed by atoms with van der Waals surface area (Å²) in [6, 6.07) is 0. The summed E-state index contributed by atoms with van der Waals surface area (Å²) in [6.07, 6.45) is -3.03. The average molecular weight is 459 g/mol. The van der Waals surface area contributed by atoms with Crippen molar-refractivity contribution in [3.8, 4) is 0 Å². The van der Waals surface area contributed by atoms with Gasteiger partial charge in [-0.3, -0.25) is 14.3 Å². The van der Waals surface area contributed by atoms with Gasteiger partial charge in [-0.25, -0.2) is 18.9 Å². The van der Waals surface area contributed by atoms with Crippen LogP contribution in [0.5, 0.6) is 0 Å². The highest BCUT2D eigenvalue weighted by molar-refractivity contribution is 7.46. The smallest absolute Gasteiger partial charge is 0.388 e. The van der Waals surface area contributed by atoms with Crippen LogP contribution in [-0.2, 0) is 22.1 Å². The molecule has 0 spiro atoms. The Kier molecular flexibility index (Phi) is 6.58. The maximum atomic E-state index is 12.3. The van der Waals surface area contributed by atoms with E-state index in [1.165, 1.54) is 4.57 Å². The molecule has 1 aliphatic carbocycles. The molecule has 0 aromatic carbocycles. The Labute approximate surface area is 174 Å². The fourth-order valence-corrected chi connectivity index (χ4v) is 3.74. The number of hydrogen-bond donors (Lipinski definition) is 7. The predicted octanol–water partition coefficient (Wildman–Crippen LogP) is -2.31. The van der Waals surface area contributed by atoms with Gasteiger partial charge < -0.3 is 25.1 Å². The summed E-state index contributed by atoms with van der Waals surface area (Å²) in [7, 11) is -4.88. The van der Waals surface area contributed by atoms with Crippen LogP contribution in [0.3, 0.4) is 0 Å². The number of allylic oxidation sites excluding steroid dienone is 1. The fraction of sp³-hybridized carbons (Fsp3) is 0.529. The van der Waals surface area contributed by atoms with Gasteiger partial charge in [0.25, 0.3) is 5.56 Å². The average Bonchev–Trinajstić information content (AvgIpc) is 2.67. The third-order valence-electron chi connectivity index (χ3n) is 5.23. The van der Waals surface area contributed by atoms with Crippen LogP contribution in [0.25, 0.3) is 17.2 Å². The fourth-order valence-electron chi connectivity index (χ4n) is 3.39. The number of phosphoric acid groups is 1. The van der Waals surface area contributed by atoms with Crippen molar-refractivity contribution >= 4 is 25.1 Å². The van der Waals surface area contributed by atoms with Crippen molar-refractivity contribution in [3.05, 3.63) is 37.8 Å². The highest BCUT2D eigenvalue weighted by Gasteiger charge is 2.33. The lowest BCUT2D eigenvalue weighted by Gasteiger charge is -2.25. The predicted molar refractivity (Wildman–Crippen MR) is 106 cm³/mol. The number of H-pyrrole nitrogens is 2. The van der Waals surface area contributed by atoms with Gasteiger partial charge in [0.05, 0.1) is 6.61 Å². The highest BCUT2D eigenvalue weighted by atomic mass is 31.2. The Balaban J connectivity index is 2.03. The van der Waals surface area contributed by atoms with E-state index >= 15 is 0 Å². The second-order valence-electron chi connectivity index (χ2n) is 7.56. The Morgan fingerprint density at radius 2 is 1.94 bits per heavy atom. The monoisotopic (exact) mass is 459 g/mol. The molecule has 2 aromatic heterocycles. The van der Waals surface area contributed by atoms with E-state index in [1.54, 1.807) is 6.08 Å². The quantitative estimate of drug-likeness (QED) is 0.174. The Morgan fingerprint density at radius 3 is 2.58 bits per heavy atom. The zero-order valence-electron chi connectivity index (χ0n) is 16.7. The lowest BCUT2D eigenvalue weighted by Crippen LogP contribution is -2.53. The van der Waals surface area contributed by atoms with Crippen molar-refractivity contribution < 1.29 is 38.8 Å². The van der Waals surface area contributed by atoms with Gasteiger partial charge in [0.2, 0.25) is 5.52 Å². The Morgan fingerprint density at radius 1 is 1.26 bits per heavy atom. The first-order chi connectivity index (χ1) is 14.4. The van der Waals surface area contributed by atoms with E-state index in [0.717, 1.165) is 5.57 Å². The third kappa shape index (κ3) is 5.15. The molecule has 31 heavy (non-hydrogen) atoms. The molecule has 1 aliphatic rings. The van der Waals surface area contributed by atoms with E-state index < -0.39 is 44.0 Å². The summed E-state index contributed by atoms with van der Waals surface area (Å²) in [6.45, 7) is 2.61. The summed E-state index contributed by atoms with van der Waals surface area (Å²) in [5.41, 5.74) is 0.520.